The van der Waals surface area contributed by atoms with Crippen LogP contribution in [0.1, 0.15) is 135 Å². The van der Waals surface area contributed by atoms with Crippen molar-refractivity contribution in [3.8, 4) is 0 Å². The van der Waals surface area contributed by atoms with Gasteiger partial charge in [-0.1, -0.05) is 65.8 Å². The van der Waals surface area contributed by atoms with Gasteiger partial charge in [-0.05, 0) is 144 Å². The molecule has 0 spiro atoms. The minimum atomic E-state index is 0.0489. The van der Waals surface area contributed by atoms with Crippen molar-refractivity contribution >= 4 is 30.0 Å². The molecule has 0 saturated carbocycles. The molecular weight excluding hydrogens is 647 g/mol. The van der Waals surface area contributed by atoms with Crippen LogP contribution in [0.25, 0.3) is 24.3 Å². The van der Waals surface area contributed by atoms with Crippen molar-refractivity contribution in [2.24, 2.45) is 16.8 Å². The normalized spacial score (nSPS) is 27.1. The van der Waals surface area contributed by atoms with Gasteiger partial charge in [0.25, 0.3) is 0 Å². The lowest BCUT2D eigenvalue weighted by Gasteiger charge is -2.34. The monoisotopic (exact) mass is 701 g/mol. The molecule has 0 fully saturated rings. The van der Waals surface area contributed by atoms with Gasteiger partial charge in [-0.15, -0.1) is 0 Å². The van der Waals surface area contributed by atoms with Crippen LogP contribution in [0.5, 0.6) is 0 Å². The first-order valence-corrected chi connectivity index (χ1v) is 21.0. The molecule has 8 aliphatic rings. The fourth-order valence-corrected chi connectivity index (χ4v) is 11.6. The summed E-state index contributed by atoms with van der Waals surface area (Å²) in [6.45, 7) is 13.9. The van der Waals surface area contributed by atoms with E-state index in [0.29, 0.717) is 23.7 Å². The first kappa shape index (κ1) is 33.1. The average Bonchev–Trinajstić information content (AvgIpc) is 4.00. The number of fused-ring (bicyclic) bond motifs is 11. The van der Waals surface area contributed by atoms with Crippen molar-refractivity contribution in [1.82, 2.24) is 19.9 Å². The predicted molar refractivity (Wildman–Crippen MR) is 219 cm³/mol. The van der Waals surface area contributed by atoms with E-state index in [9.17, 15) is 0 Å². The van der Waals surface area contributed by atoms with E-state index in [1.54, 1.807) is 5.57 Å². The summed E-state index contributed by atoms with van der Waals surface area (Å²) >= 11 is 0. The summed E-state index contributed by atoms with van der Waals surface area (Å²) in [5, 5.41) is 7.54. The smallest absolute Gasteiger partial charge is 0.0933 e. The van der Waals surface area contributed by atoms with Gasteiger partial charge in [-0.2, -0.15) is 0 Å². The molecule has 5 unspecified atom stereocenters. The highest BCUT2D eigenvalue weighted by Gasteiger charge is 2.40. The zero-order valence-electron chi connectivity index (χ0n) is 32.5. The molecule has 0 amide bonds. The Hall–Kier alpha value is -4.51. The summed E-state index contributed by atoms with van der Waals surface area (Å²) in [5.41, 5.74) is 18.5. The third kappa shape index (κ3) is 4.77. The van der Waals surface area contributed by atoms with Gasteiger partial charge in [0.05, 0.1) is 22.5 Å². The van der Waals surface area contributed by atoms with E-state index in [4.69, 9.17) is 4.99 Å². The molecule has 4 aromatic rings. The van der Waals surface area contributed by atoms with Crippen LogP contribution in [0.4, 0.5) is 0 Å². The van der Waals surface area contributed by atoms with Gasteiger partial charge >= 0.3 is 0 Å². The minimum absolute atomic E-state index is 0.0489. The molecule has 6 heterocycles. The number of allylic oxidation sites excluding steroid dienone is 5. The van der Waals surface area contributed by atoms with Gasteiger partial charge < -0.3 is 19.9 Å². The second kappa shape index (κ2) is 12.5. The lowest BCUT2D eigenvalue weighted by Crippen LogP contribution is -2.27. The number of rotatable bonds is 6. The molecule has 0 aromatic carbocycles. The second-order valence-corrected chi connectivity index (χ2v) is 16.3. The Morgan fingerprint density at radius 3 is 1.47 bits per heavy atom. The Bertz CT molecular complexity index is 2670. The maximum Gasteiger partial charge on any atom is 0.0933 e. The van der Waals surface area contributed by atoms with Crippen molar-refractivity contribution in [2.45, 2.75) is 124 Å². The largest absolute Gasteiger partial charge is 0.355 e. The topological polar surface area (TPSA) is 75.5 Å². The van der Waals surface area contributed by atoms with Crippen LogP contribution >= 0.6 is 0 Å². The second-order valence-electron chi connectivity index (χ2n) is 16.3. The molecule has 272 valence electrons. The van der Waals surface area contributed by atoms with Gasteiger partial charge in [0.2, 0.25) is 0 Å². The van der Waals surface area contributed by atoms with Crippen molar-refractivity contribution in [2.75, 3.05) is 0 Å². The Kier molecular flexibility index (Phi) is 7.83. The maximum atomic E-state index is 5.66. The highest BCUT2D eigenvalue weighted by molar-refractivity contribution is 6.23. The molecule has 4 aromatic heterocycles. The van der Waals surface area contributed by atoms with E-state index in [1.807, 2.05) is 0 Å². The number of aromatic amines is 4. The van der Waals surface area contributed by atoms with Gasteiger partial charge in [-0.3, -0.25) is 4.99 Å². The Morgan fingerprint density at radius 1 is 0.491 bits per heavy atom. The average molecular weight is 702 g/mol. The fraction of sp³-hybridized carbons (Fsp3) is 0.438. The standard InChI is InChI=1S/C48H55N5/c1-7-29-30(8-2)36-22-40-44-26-15-19-28(20-16-26)46(44)42(51-40)24-38-32(10-4)34(12-6)48(53-38)47-33(11-5)31(9-3)37(52-47)23-41-45-27-17-13-25(14-18-27)43(45)39(50-41)21-35(29)49-36/h13,15,17,19,21-28,39,49,51-53H,7-12,14,16,18,20H2,1-6H3/b35-21-,36-22-,37-23?,38-24-,48-47+. The van der Waals surface area contributed by atoms with E-state index in [2.05, 4.69) is 110 Å². The summed E-state index contributed by atoms with van der Waals surface area (Å²) in [6.07, 6.45) is 30.6. The Morgan fingerprint density at radius 2 is 0.943 bits per heavy atom. The molecule has 5 nitrogen and oxygen atoms in total. The number of nitrogens with one attached hydrogen (secondary N) is 4. The third-order valence-electron chi connectivity index (χ3n) is 13.9. The molecule has 0 radical (unpaired) electrons. The number of hydrogen-bond donors (Lipinski definition) is 4. The van der Waals surface area contributed by atoms with Gasteiger partial charge in [0.15, 0.2) is 0 Å². The van der Waals surface area contributed by atoms with Gasteiger partial charge in [0, 0.05) is 56.5 Å². The van der Waals surface area contributed by atoms with E-state index >= 15 is 0 Å². The molecule has 5 heteroatoms. The molecule has 0 saturated heterocycles. The van der Waals surface area contributed by atoms with Gasteiger partial charge in [0.1, 0.15) is 0 Å². The molecule has 5 atom stereocenters. The van der Waals surface area contributed by atoms with Crippen LogP contribution in [0.2, 0.25) is 0 Å². The number of nitrogens with zero attached hydrogens (tertiary/aromatic N) is 1. The van der Waals surface area contributed by atoms with Crippen LogP contribution in [0, 0.1) is 22.5 Å². The SMILES string of the molecule is CCc1c(CC)/c2[nH]c1=CC1=NC(/C=c3\[nH]/c(c(CC)c3CC)=C\c3[nH]c(c4c3C3C=CC4CC3)/C=c3\[nH]/c=2c(CC)c3CC)C2=C1C1C=CC2CC1. The van der Waals surface area contributed by atoms with Crippen molar-refractivity contribution in [3.63, 3.8) is 0 Å². The van der Waals surface area contributed by atoms with Crippen molar-refractivity contribution < 1.29 is 0 Å². The van der Waals surface area contributed by atoms with Crippen LogP contribution in [-0.2, 0) is 38.5 Å². The van der Waals surface area contributed by atoms with Crippen molar-refractivity contribution in [3.05, 3.63) is 123 Å². The first-order valence-electron chi connectivity index (χ1n) is 21.0. The minimum Gasteiger partial charge on any atom is -0.355 e. The van der Waals surface area contributed by atoms with Crippen LogP contribution in [-0.4, -0.2) is 31.7 Å². The van der Waals surface area contributed by atoms with E-state index in [1.165, 1.54) is 125 Å². The summed E-state index contributed by atoms with van der Waals surface area (Å²) in [5.74, 6) is 1.85. The zero-order chi connectivity index (χ0) is 36.1. The van der Waals surface area contributed by atoms with E-state index < -0.39 is 0 Å². The number of hydrogen-bond acceptors (Lipinski definition) is 1. The van der Waals surface area contributed by atoms with E-state index in [-0.39, 0.29) is 6.04 Å². The third-order valence-corrected chi connectivity index (χ3v) is 13.9. The molecule has 4 N–H and O–H groups in total. The van der Waals surface area contributed by atoms with Crippen LogP contribution < -0.4 is 21.4 Å². The molecule has 2 aliphatic heterocycles. The van der Waals surface area contributed by atoms with Crippen LogP contribution in [0.3, 0.4) is 0 Å². The summed E-state index contributed by atoms with van der Waals surface area (Å²) in [6, 6.07) is 0.0489. The first-order chi connectivity index (χ1) is 26.0. The zero-order valence-corrected chi connectivity index (χ0v) is 32.5. The lowest BCUT2D eigenvalue weighted by atomic mass is 9.69. The molecule has 14 bridgehead atoms. The predicted octanol–water partition coefficient (Wildman–Crippen LogP) is 7.14. The summed E-state index contributed by atoms with van der Waals surface area (Å²) in [7, 11) is 0. The number of aromatic nitrogens is 4. The summed E-state index contributed by atoms with van der Waals surface area (Å²) < 4.78 is 0. The number of aliphatic imine (C=N–C) groups is 1. The highest BCUT2D eigenvalue weighted by Crippen LogP contribution is 2.49. The Balaban J connectivity index is 1.37. The molecule has 12 rings (SSSR count). The molecule has 53 heavy (non-hydrogen) atoms. The van der Waals surface area contributed by atoms with E-state index in [0.717, 1.165) is 38.5 Å². The highest BCUT2D eigenvalue weighted by atomic mass is 14.9. The molecule has 6 aliphatic carbocycles. The Labute approximate surface area is 312 Å². The van der Waals surface area contributed by atoms with Crippen molar-refractivity contribution in [1.29, 1.82) is 0 Å². The number of H-pyrrole nitrogens is 4. The van der Waals surface area contributed by atoms with Crippen LogP contribution in [0.15, 0.2) is 40.4 Å². The lowest BCUT2D eigenvalue weighted by molar-refractivity contribution is 0.488. The van der Waals surface area contributed by atoms with Gasteiger partial charge in [-0.25, -0.2) is 0 Å². The maximum absolute atomic E-state index is 5.66. The molecular formula is C48H55N5. The fourth-order valence-electron chi connectivity index (χ4n) is 11.6. The summed E-state index contributed by atoms with van der Waals surface area (Å²) in [4.78, 5) is 21.9. The quantitative estimate of drug-likeness (QED) is 0.155.